The van der Waals surface area contributed by atoms with E-state index in [2.05, 4.69) is 22.1 Å². The van der Waals surface area contributed by atoms with Crippen LogP contribution in [-0.2, 0) is 17.6 Å². The third-order valence-electron chi connectivity index (χ3n) is 4.36. The smallest absolute Gasteiger partial charge is 0.310 e. The number of pyridine rings is 2. The van der Waals surface area contributed by atoms with Crippen LogP contribution >= 0.6 is 0 Å². The van der Waals surface area contributed by atoms with E-state index >= 15 is 0 Å². The van der Waals surface area contributed by atoms with Crippen molar-refractivity contribution < 1.29 is 9.90 Å². The number of nitrogens with zero attached hydrogens (tertiary/aromatic N) is 2. The first kappa shape index (κ1) is 16.8. The number of hydrogen-bond acceptors (Lipinski definition) is 3. The van der Waals surface area contributed by atoms with Crippen LogP contribution in [0.1, 0.15) is 29.7 Å². The predicted octanol–water partition coefficient (Wildman–Crippen LogP) is 4.12. The topological polar surface area (TPSA) is 63.1 Å². The first-order valence-corrected chi connectivity index (χ1v) is 8.30. The molecule has 0 aliphatic carbocycles. The summed E-state index contributed by atoms with van der Waals surface area (Å²) in [5.41, 5.74) is 5.24. The molecule has 0 bridgehead atoms. The van der Waals surface area contributed by atoms with Crippen molar-refractivity contribution in [2.45, 2.75) is 25.7 Å². The van der Waals surface area contributed by atoms with E-state index in [1.165, 1.54) is 5.56 Å². The van der Waals surface area contributed by atoms with Crippen LogP contribution < -0.4 is 0 Å². The number of rotatable bonds is 6. The van der Waals surface area contributed by atoms with Gasteiger partial charge in [0.15, 0.2) is 0 Å². The molecule has 2 heterocycles. The molecule has 2 aromatic heterocycles. The first-order chi connectivity index (χ1) is 12.1. The number of carboxylic acids is 1. The summed E-state index contributed by atoms with van der Waals surface area (Å²) in [6, 6.07) is 15.9. The van der Waals surface area contributed by atoms with Gasteiger partial charge >= 0.3 is 5.97 Å². The average molecular weight is 332 g/mol. The molecule has 0 aliphatic rings. The van der Waals surface area contributed by atoms with Crippen LogP contribution in [0.4, 0.5) is 0 Å². The molecule has 0 amide bonds. The zero-order valence-corrected chi connectivity index (χ0v) is 14.1. The fourth-order valence-corrected chi connectivity index (χ4v) is 2.68. The monoisotopic (exact) mass is 332 g/mol. The van der Waals surface area contributed by atoms with Gasteiger partial charge in [-0.25, -0.2) is 0 Å². The third-order valence-corrected chi connectivity index (χ3v) is 4.36. The van der Waals surface area contributed by atoms with E-state index in [0.717, 1.165) is 35.2 Å². The molecule has 0 saturated carbocycles. The summed E-state index contributed by atoms with van der Waals surface area (Å²) in [6.07, 6.45) is 7.17. The van der Waals surface area contributed by atoms with Gasteiger partial charge in [-0.05, 0) is 54.7 Å². The van der Waals surface area contributed by atoms with E-state index in [0.29, 0.717) is 0 Å². The summed E-state index contributed by atoms with van der Waals surface area (Å²) in [7, 11) is 0. The molecule has 126 valence electrons. The van der Waals surface area contributed by atoms with Gasteiger partial charge in [-0.15, -0.1) is 0 Å². The van der Waals surface area contributed by atoms with E-state index in [1.54, 1.807) is 19.3 Å². The number of aliphatic carboxylic acids is 1. The maximum Gasteiger partial charge on any atom is 0.310 e. The highest BCUT2D eigenvalue weighted by Gasteiger charge is 2.12. The van der Waals surface area contributed by atoms with Gasteiger partial charge in [0.25, 0.3) is 0 Å². The molecule has 4 heteroatoms. The molecule has 0 fully saturated rings. The predicted molar refractivity (Wildman–Crippen MR) is 97.4 cm³/mol. The number of carboxylic acid groups (broad SMARTS) is 1. The summed E-state index contributed by atoms with van der Waals surface area (Å²) in [4.78, 5) is 19.6. The van der Waals surface area contributed by atoms with Crippen LogP contribution in [0.25, 0.3) is 11.1 Å². The Morgan fingerprint density at radius 2 is 1.68 bits per heavy atom. The van der Waals surface area contributed by atoms with Crippen molar-refractivity contribution in [2.75, 3.05) is 0 Å². The second kappa shape index (κ2) is 7.71. The molecule has 3 rings (SSSR count). The Morgan fingerprint density at radius 1 is 0.960 bits per heavy atom. The second-order valence-electron chi connectivity index (χ2n) is 6.08. The van der Waals surface area contributed by atoms with Gasteiger partial charge in [-0.3, -0.25) is 14.8 Å². The number of aryl methyl sites for hydroxylation is 2. The Kier molecular flexibility index (Phi) is 5.19. The maximum atomic E-state index is 11.0. The largest absolute Gasteiger partial charge is 0.481 e. The molecule has 1 atom stereocenters. The lowest BCUT2D eigenvalue weighted by Crippen LogP contribution is -2.07. The molecule has 4 nitrogen and oxygen atoms in total. The molecule has 3 aromatic rings. The molecular weight excluding hydrogens is 312 g/mol. The summed E-state index contributed by atoms with van der Waals surface area (Å²) in [5.74, 6) is -1.28. The molecule has 0 aliphatic heterocycles. The van der Waals surface area contributed by atoms with Crippen LogP contribution in [0.2, 0.25) is 0 Å². The van der Waals surface area contributed by atoms with Gasteiger partial charge in [0.05, 0.1) is 5.92 Å². The van der Waals surface area contributed by atoms with Crippen LogP contribution in [0.5, 0.6) is 0 Å². The van der Waals surface area contributed by atoms with E-state index in [9.17, 15) is 4.79 Å². The SMILES string of the molecule is CC(C(=O)O)c1ccc(CCc2ccc(-c3ccncc3)cn2)cc1. The van der Waals surface area contributed by atoms with Crippen LogP contribution in [-0.4, -0.2) is 21.0 Å². The molecule has 1 aromatic carbocycles. The van der Waals surface area contributed by atoms with Crippen LogP contribution in [0, 0.1) is 0 Å². The fourth-order valence-electron chi connectivity index (χ4n) is 2.68. The summed E-state index contributed by atoms with van der Waals surface area (Å²) in [6.45, 7) is 1.70. The second-order valence-corrected chi connectivity index (χ2v) is 6.08. The van der Waals surface area contributed by atoms with E-state index in [-0.39, 0.29) is 0 Å². The summed E-state index contributed by atoms with van der Waals surface area (Å²) in [5, 5.41) is 9.05. The summed E-state index contributed by atoms with van der Waals surface area (Å²) >= 11 is 0. The average Bonchev–Trinajstić information content (AvgIpc) is 2.67. The van der Waals surface area contributed by atoms with Gasteiger partial charge in [0, 0.05) is 29.8 Å². The maximum absolute atomic E-state index is 11.0. The van der Waals surface area contributed by atoms with Crippen molar-refractivity contribution in [3.8, 4) is 11.1 Å². The number of carbonyl (C=O) groups is 1. The highest BCUT2D eigenvalue weighted by atomic mass is 16.4. The Balaban J connectivity index is 1.61. The van der Waals surface area contributed by atoms with Gasteiger partial charge in [-0.1, -0.05) is 30.3 Å². The van der Waals surface area contributed by atoms with Crippen LogP contribution in [0.15, 0.2) is 67.1 Å². The highest BCUT2D eigenvalue weighted by molar-refractivity contribution is 5.75. The summed E-state index contributed by atoms with van der Waals surface area (Å²) < 4.78 is 0. The third kappa shape index (κ3) is 4.29. The lowest BCUT2D eigenvalue weighted by atomic mass is 9.98. The Morgan fingerprint density at radius 3 is 2.28 bits per heavy atom. The van der Waals surface area contributed by atoms with Crippen molar-refractivity contribution >= 4 is 5.97 Å². The minimum absolute atomic E-state index is 0.476. The molecule has 25 heavy (non-hydrogen) atoms. The molecule has 1 N–H and O–H groups in total. The van der Waals surface area contributed by atoms with Crippen molar-refractivity contribution in [3.63, 3.8) is 0 Å². The first-order valence-electron chi connectivity index (χ1n) is 8.30. The number of aromatic nitrogens is 2. The van der Waals surface area contributed by atoms with Crippen molar-refractivity contribution in [3.05, 3.63) is 83.9 Å². The van der Waals surface area contributed by atoms with Gasteiger partial charge in [0.1, 0.15) is 0 Å². The number of benzene rings is 1. The van der Waals surface area contributed by atoms with Gasteiger partial charge in [-0.2, -0.15) is 0 Å². The molecule has 1 unspecified atom stereocenters. The quantitative estimate of drug-likeness (QED) is 0.737. The normalized spacial score (nSPS) is 11.9. The zero-order chi connectivity index (χ0) is 17.6. The van der Waals surface area contributed by atoms with Crippen molar-refractivity contribution in [1.82, 2.24) is 9.97 Å². The Bertz CT molecular complexity index is 828. The van der Waals surface area contributed by atoms with Crippen LogP contribution in [0.3, 0.4) is 0 Å². The fraction of sp³-hybridized carbons (Fsp3) is 0.190. The molecule has 0 spiro atoms. The Hall–Kier alpha value is -3.01. The minimum Gasteiger partial charge on any atom is -0.481 e. The Labute approximate surface area is 147 Å². The minimum atomic E-state index is -0.800. The zero-order valence-electron chi connectivity index (χ0n) is 14.1. The van der Waals surface area contributed by atoms with Crippen molar-refractivity contribution in [1.29, 1.82) is 0 Å². The van der Waals surface area contributed by atoms with E-state index in [4.69, 9.17) is 5.11 Å². The van der Waals surface area contributed by atoms with E-state index in [1.807, 2.05) is 42.6 Å². The van der Waals surface area contributed by atoms with Gasteiger partial charge in [0.2, 0.25) is 0 Å². The lowest BCUT2D eigenvalue weighted by molar-refractivity contribution is -0.138. The lowest BCUT2D eigenvalue weighted by Gasteiger charge is -2.08. The highest BCUT2D eigenvalue weighted by Crippen LogP contribution is 2.19. The molecule has 0 saturated heterocycles. The van der Waals surface area contributed by atoms with Crippen molar-refractivity contribution in [2.24, 2.45) is 0 Å². The standard InChI is InChI=1S/C21H20N2O2/c1-15(21(24)25)17-5-2-16(3-6-17)4-8-20-9-7-19(14-23-20)18-10-12-22-13-11-18/h2-3,5-7,9-15H,4,8H2,1H3,(H,24,25). The molecular formula is C21H20N2O2. The molecule has 0 radical (unpaired) electrons. The number of hydrogen-bond donors (Lipinski definition) is 1. The van der Waals surface area contributed by atoms with E-state index < -0.39 is 11.9 Å². The van der Waals surface area contributed by atoms with Gasteiger partial charge < -0.3 is 5.11 Å².